The standard InChI is InChI=1S/C13H17BrN2OS/c14-9-5-12(18-6-9)13(17)16-11-3-7-1-10(15)2-8(7)4-11/h5-8,10-11H,1-4,15H2,(H,16,17). The lowest BCUT2D eigenvalue weighted by Crippen LogP contribution is -2.33. The predicted octanol–water partition coefficient (Wildman–Crippen LogP) is 2.76. The summed E-state index contributed by atoms with van der Waals surface area (Å²) < 4.78 is 0.979. The fourth-order valence-corrected chi connectivity index (χ4v) is 4.80. The van der Waals surface area contributed by atoms with Crippen LogP contribution in [0.25, 0.3) is 0 Å². The number of rotatable bonds is 2. The van der Waals surface area contributed by atoms with E-state index in [-0.39, 0.29) is 5.91 Å². The average molecular weight is 329 g/mol. The molecule has 1 amide bonds. The van der Waals surface area contributed by atoms with Crippen LogP contribution in [0.3, 0.4) is 0 Å². The average Bonchev–Trinajstić information content (AvgIpc) is 2.92. The fraction of sp³-hybridized carbons (Fsp3) is 0.615. The van der Waals surface area contributed by atoms with Crippen LogP contribution in [0.2, 0.25) is 0 Å². The molecule has 2 aliphatic carbocycles. The number of hydrogen-bond donors (Lipinski definition) is 2. The van der Waals surface area contributed by atoms with E-state index < -0.39 is 0 Å². The molecule has 1 heterocycles. The van der Waals surface area contributed by atoms with Crippen LogP contribution in [-0.4, -0.2) is 18.0 Å². The molecule has 0 bridgehead atoms. The Hall–Kier alpha value is -0.390. The molecule has 98 valence electrons. The molecule has 3 nitrogen and oxygen atoms in total. The first-order valence-corrected chi connectivity index (χ1v) is 8.09. The van der Waals surface area contributed by atoms with Crippen LogP contribution in [0.5, 0.6) is 0 Å². The van der Waals surface area contributed by atoms with Gasteiger partial charge in [-0.3, -0.25) is 4.79 Å². The van der Waals surface area contributed by atoms with Gasteiger partial charge in [0.2, 0.25) is 0 Å². The second kappa shape index (κ2) is 4.94. The Labute approximate surface area is 119 Å². The van der Waals surface area contributed by atoms with E-state index in [9.17, 15) is 4.79 Å². The highest BCUT2D eigenvalue weighted by atomic mass is 79.9. The van der Waals surface area contributed by atoms with Gasteiger partial charge in [-0.1, -0.05) is 0 Å². The molecule has 2 aliphatic rings. The lowest BCUT2D eigenvalue weighted by Gasteiger charge is -2.14. The molecule has 2 fully saturated rings. The number of carbonyl (C=O) groups is 1. The molecule has 0 aliphatic heterocycles. The van der Waals surface area contributed by atoms with Crippen LogP contribution in [0.4, 0.5) is 0 Å². The Kier molecular flexibility index (Phi) is 3.47. The number of fused-ring (bicyclic) bond motifs is 1. The van der Waals surface area contributed by atoms with Crippen molar-refractivity contribution in [2.24, 2.45) is 17.6 Å². The maximum Gasteiger partial charge on any atom is 0.261 e. The highest BCUT2D eigenvalue weighted by Crippen LogP contribution is 2.43. The SMILES string of the molecule is NC1CC2CC(NC(=O)c3cc(Br)cs3)CC2C1. The van der Waals surface area contributed by atoms with Crippen LogP contribution in [0.1, 0.15) is 35.4 Å². The highest BCUT2D eigenvalue weighted by molar-refractivity contribution is 9.10. The van der Waals surface area contributed by atoms with Crippen molar-refractivity contribution in [3.63, 3.8) is 0 Å². The second-order valence-electron chi connectivity index (χ2n) is 5.52. The van der Waals surface area contributed by atoms with Crippen molar-refractivity contribution in [1.82, 2.24) is 5.32 Å². The molecule has 3 rings (SSSR count). The number of halogens is 1. The first-order chi connectivity index (χ1) is 8.61. The molecule has 1 aromatic heterocycles. The minimum Gasteiger partial charge on any atom is -0.349 e. The zero-order valence-electron chi connectivity index (χ0n) is 10.1. The Morgan fingerprint density at radius 3 is 2.56 bits per heavy atom. The van der Waals surface area contributed by atoms with Crippen molar-refractivity contribution in [3.8, 4) is 0 Å². The molecule has 0 aromatic carbocycles. The van der Waals surface area contributed by atoms with Crippen LogP contribution < -0.4 is 11.1 Å². The van der Waals surface area contributed by atoms with Gasteiger partial charge in [-0.05, 0) is 59.5 Å². The van der Waals surface area contributed by atoms with Crippen molar-refractivity contribution in [3.05, 3.63) is 20.8 Å². The van der Waals surface area contributed by atoms with E-state index in [2.05, 4.69) is 21.2 Å². The lowest BCUT2D eigenvalue weighted by molar-refractivity contribution is 0.0940. The third-order valence-corrected chi connectivity index (χ3v) is 5.87. The monoisotopic (exact) mass is 328 g/mol. The maximum absolute atomic E-state index is 12.1. The molecule has 2 unspecified atom stereocenters. The van der Waals surface area contributed by atoms with E-state index in [1.165, 1.54) is 11.3 Å². The molecule has 0 saturated heterocycles. The van der Waals surface area contributed by atoms with E-state index >= 15 is 0 Å². The lowest BCUT2D eigenvalue weighted by atomic mass is 10.0. The second-order valence-corrected chi connectivity index (χ2v) is 7.35. The molecule has 2 atom stereocenters. The topological polar surface area (TPSA) is 55.1 Å². The summed E-state index contributed by atoms with van der Waals surface area (Å²) in [4.78, 5) is 12.8. The van der Waals surface area contributed by atoms with Crippen molar-refractivity contribution in [1.29, 1.82) is 0 Å². The van der Waals surface area contributed by atoms with Gasteiger partial charge >= 0.3 is 0 Å². The Morgan fingerprint density at radius 2 is 2.00 bits per heavy atom. The molecule has 3 N–H and O–H groups in total. The van der Waals surface area contributed by atoms with E-state index in [1.807, 2.05) is 11.4 Å². The molecule has 1 aromatic rings. The predicted molar refractivity (Wildman–Crippen MR) is 76.7 cm³/mol. The summed E-state index contributed by atoms with van der Waals surface area (Å²) in [5.41, 5.74) is 5.97. The van der Waals surface area contributed by atoms with Crippen molar-refractivity contribution in [2.45, 2.75) is 37.8 Å². The van der Waals surface area contributed by atoms with Gasteiger partial charge in [-0.2, -0.15) is 0 Å². The van der Waals surface area contributed by atoms with Crippen molar-refractivity contribution < 1.29 is 4.79 Å². The van der Waals surface area contributed by atoms with Crippen molar-refractivity contribution >= 4 is 33.2 Å². The molecule has 0 radical (unpaired) electrons. The van der Waals surface area contributed by atoms with Gasteiger partial charge in [0.05, 0.1) is 4.88 Å². The largest absolute Gasteiger partial charge is 0.349 e. The van der Waals surface area contributed by atoms with Gasteiger partial charge in [-0.15, -0.1) is 11.3 Å². The number of amides is 1. The molecule has 18 heavy (non-hydrogen) atoms. The number of thiophene rings is 1. The van der Waals surface area contributed by atoms with Gasteiger partial charge in [0.15, 0.2) is 0 Å². The van der Waals surface area contributed by atoms with Gasteiger partial charge < -0.3 is 11.1 Å². The first kappa shape index (κ1) is 12.6. The van der Waals surface area contributed by atoms with Crippen LogP contribution in [-0.2, 0) is 0 Å². The van der Waals surface area contributed by atoms with E-state index in [1.54, 1.807) is 0 Å². The Morgan fingerprint density at radius 1 is 1.33 bits per heavy atom. The van der Waals surface area contributed by atoms with E-state index in [4.69, 9.17) is 5.73 Å². The summed E-state index contributed by atoms with van der Waals surface area (Å²) in [5, 5.41) is 5.10. The zero-order chi connectivity index (χ0) is 12.7. The molecular formula is C13H17BrN2OS. The Bertz CT molecular complexity index is 448. The minimum atomic E-state index is 0.0694. The van der Waals surface area contributed by atoms with Crippen LogP contribution >= 0.6 is 27.3 Å². The fourth-order valence-electron chi connectivity index (χ4n) is 3.47. The number of hydrogen-bond acceptors (Lipinski definition) is 3. The van der Waals surface area contributed by atoms with Crippen molar-refractivity contribution in [2.75, 3.05) is 0 Å². The molecule has 5 heteroatoms. The summed E-state index contributed by atoms with van der Waals surface area (Å²) in [6.45, 7) is 0. The summed E-state index contributed by atoms with van der Waals surface area (Å²) in [5.74, 6) is 1.54. The third kappa shape index (κ3) is 2.49. The quantitative estimate of drug-likeness (QED) is 0.877. The number of carbonyl (C=O) groups excluding carboxylic acids is 1. The maximum atomic E-state index is 12.1. The summed E-state index contributed by atoms with van der Waals surface area (Å²) in [6.07, 6.45) is 4.50. The van der Waals surface area contributed by atoms with Crippen LogP contribution in [0.15, 0.2) is 15.9 Å². The Balaban J connectivity index is 1.57. The number of nitrogens with one attached hydrogen (secondary N) is 1. The molecule has 2 saturated carbocycles. The third-order valence-electron chi connectivity index (χ3n) is 4.18. The van der Waals surface area contributed by atoms with Gasteiger partial charge in [0.25, 0.3) is 5.91 Å². The highest BCUT2D eigenvalue weighted by Gasteiger charge is 2.40. The summed E-state index contributed by atoms with van der Waals surface area (Å²) >= 11 is 4.86. The number of nitrogens with two attached hydrogens (primary N) is 1. The molecule has 0 spiro atoms. The van der Waals surface area contributed by atoms with E-state index in [0.717, 1.165) is 46.9 Å². The normalized spacial score (nSPS) is 34.6. The van der Waals surface area contributed by atoms with Gasteiger partial charge in [0.1, 0.15) is 0 Å². The first-order valence-electron chi connectivity index (χ1n) is 6.42. The van der Waals surface area contributed by atoms with Gasteiger partial charge in [0, 0.05) is 21.9 Å². The summed E-state index contributed by atoms with van der Waals surface area (Å²) in [7, 11) is 0. The van der Waals surface area contributed by atoms with E-state index in [0.29, 0.717) is 12.1 Å². The molecular weight excluding hydrogens is 312 g/mol. The summed E-state index contributed by atoms with van der Waals surface area (Å²) in [6, 6.07) is 2.62. The smallest absolute Gasteiger partial charge is 0.261 e. The zero-order valence-corrected chi connectivity index (χ0v) is 12.5. The van der Waals surface area contributed by atoms with Crippen LogP contribution in [0, 0.1) is 11.8 Å². The minimum absolute atomic E-state index is 0.0694. The van der Waals surface area contributed by atoms with Gasteiger partial charge in [-0.25, -0.2) is 0 Å².